The van der Waals surface area contributed by atoms with Crippen LogP contribution in [-0.4, -0.2) is 41.4 Å². The van der Waals surface area contributed by atoms with Gasteiger partial charge >= 0.3 is 0 Å². The Kier molecular flexibility index (Phi) is 6.47. The Morgan fingerprint density at radius 1 is 0.815 bits per heavy atom. The van der Waals surface area contributed by atoms with E-state index in [0.29, 0.717) is 0 Å². The van der Waals surface area contributed by atoms with Gasteiger partial charge in [-0.15, -0.1) is 11.8 Å². The van der Waals surface area contributed by atoms with Crippen molar-refractivity contribution in [3.8, 4) is 11.5 Å². The second-order valence-corrected chi connectivity index (χ2v) is 8.00. The number of hydrogen-bond donors (Lipinski definition) is 2. The molecule has 3 aromatic carbocycles. The largest absolute Gasteiger partial charge is 0.490 e. The topological polar surface area (TPSA) is 58.9 Å². The highest BCUT2D eigenvalue weighted by Gasteiger charge is 2.17. The van der Waals surface area contributed by atoms with Crippen molar-refractivity contribution in [2.75, 3.05) is 19.0 Å². The van der Waals surface area contributed by atoms with Crippen LogP contribution >= 0.6 is 11.8 Å². The van der Waals surface area contributed by atoms with E-state index in [1.54, 1.807) is 25.6 Å². The summed E-state index contributed by atoms with van der Waals surface area (Å²) in [6.45, 7) is 5.98. The molecule has 0 bridgehead atoms. The quantitative estimate of drug-likeness (QED) is 0.437. The molecule has 0 saturated carbocycles. The van der Waals surface area contributed by atoms with Crippen LogP contribution in [0.4, 0.5) is 0 Å². The average Bonchev–Trinajstić information content (AvgIpc) is 2.64. The third-order valence-corrected chi connectivity index (χ3v) is 5.02. The molecule has 144 valence electrons. The molecule has 0 amide bonds. The van der Waals surface area contributed by atoms with Gasteiger partial charge in [-0.1, -0.05) is 31.2 Å². The van der Waals surface area contributed by atoms with Gasteiger partial charge in [0.15, 0.2) is 0 Å². The summed E-state index contributed by atoms with van der Waals surface area (Å²) in [6.07, 6.45) is -1.11. The van der Waals surface area contributed by atoms with Crippen molar-refractivity contribution in [2.24, 2.45) is 0 Å². The fourth-order valence-electron chi connectivity index (χ4n) is 3.05. The number of hydrogen-bond acceptors (Lipinski definition) is 5. The molecule has 3 rings (SSSR count). The molecule has 0 aliphatic heterocycles. The maximum atomic E-state index is 9.71. The highest BCUT2D eigenvalue weighted by Crippen LogP contribution is 2.44. The molecule has 2 unspecified atom stereocenters. The van der Waals surface area contributed by atoms with E-state index in [4.69, 9.17) is 9.47 Å². The number of aliphatic hydroxyl groups is 2. The summed E-state index contributed by atoms with van der Waals surface area (Å²) in [6, 6.07) is 14.2. The lowest BCUT2D eigenvalue weighted by Crippen LogP contribution is -2.14. The van der Waals surface area contributed by atoms with E-state index in [2.05, 4.69) is 19.1 Å². The fraction of sp³-hybridized carbons (Fsp3) is 0.364. The molecule has 0 saturated heterocycles. The second kappa shape index (κ2) is 8.83. The van der Waals surface area contributed by atoms with Crippen molar-refractivity contribution < 1.29 is 19.7 Å². The van der Waals surface area contributed by atoms with Crippen molar-refractivity contribution in [1.29, 1.82) is 0 Å². The first-order valence-electron chi connectivity index (χ1n) is 9.24. The van der Waals surface area contributed by atoms with Gasteiger partial charge in [0, 0.05) is 26.4 Å². The monoisotopic (exact) mass is 386 g/mol. The maximum absolute atomic E-state index is 9.71. The van der Waals surface area contributed by atoms with Gasteiger partial charge in [0.05, 0.1) is 12.2 Å². The predicted octanol–water partition coefficient (Wildman–Crippen LogP) is 4.62. The minimum atomic E-state index is -0.557. The summed E-state index contributed by atoms with van der Waals surface area (Å²) in [7, 11) is 0. The smallest absolute Gasteiger partial charge is 0.135 e. The Morgan fingerprint density at radius 3 is 1.85 bits per heavy atom. The molecule has 4 nitrogen and oxygen atoms in total. The second-order valence-electron chi connectivity index (χ2n) is 6.66. The third kappa shape index (κ3) is 4.49. The van der Waals surface area contributed by atoms with Crippen LogP contribution < -0.4 is 9.47 Å². The molecule has 0 aliphatic carbocycles. The van der Waals surface area contributed by atoms with Gasteiger partial charge in [-0.3, -0.25) is 0 Å². The summed E-state index contributed by atoms with van der Waals surface area (Å²) in [5.74, 6) is 2.48. The van der Waals surface area contributed by atoms with Gasteiger partial charge < -0.3 is 19.7 Å². The molecule has 5 heteroatoms. The van der Waals surface area contributed by atoms with E-state index in [-0.39, 0.29) is 13.2 Å². The molecule has 0 heterocycles. The van der Waals surface area contributed by atoms with E-state index >= 15 is 0 Å². The molecular formula is C22H26O4S. The average molecular weight is 387 g/mol. The van der Waals surface area contributed by atoms with Crippen molar-refractivity contribution in [2.45, 2.75) is 37.9 Å². The first kappa shape index (κ1) is 19.8. The van der Waals surface area contributed by atoms with Crippen molar-refractivity contribution >= 4 is 33.3 Å². The molecule has 0 spiro atoms. The molecule has 0 aliphatic rings. The van der Waals surface area contributed by atoms with Crippen molar-refractivity contribution in [3.63, 3.8) is 0 Å². The standard InChI is InChI=1S/C22H26O4S/c1-4-27-16-9-10-19-20(11-16)22(26-13-15(3)24)18-8-6-5-7-17(18)21(19)25-12-14(2)23/h5-11,14-15,23-24H,4,12-13H2,1-3H3. The van der Waals surface area contributed by atoms with E-state index in [9.17, 15) is 10.2 Å². The molecular weight excluding hydrogens is 360 g/mol. The van der Waals surface area contributed by atoms with Crippen LogP contribution in [0.1, 0.15) is 20.8 Å². The van der Waals surface area contributed by atoms with Crippen LogP contribution in [0.2, 0.25) is 0 Å². The summed E-state index contributed by atoms with van der Waals surface area (Å²) >= 11 is 1.77. The fourth-order valence-corrected chi connectivity index (χ4v) is 3.75. The normalized spacial score (nSPS) is 13.7. The molecule has 0 radical (unpaired) electrons. The van der Waals surface area contributed by atoms with Crippen LogP contribution in [-0.2, 0) is 0 Å². The highest BCUT2D eigenvalue weighted by atomic mass is 32.2. The highest BCUT2D eigenvalue weighted by molar-refractivity contribution is 7.99. The number of aliphatic hydroxyl groups excluding tert-OH is 2. The van der Waals surface area contributed by atoms with Gasteiger partial charge in [0.25, 0.3) is 0 Å². The first-order valence-corrected chi connectivity index (χ1v) is 10.2. The molecule has 3 aromatic rings. The van der Waals surface area contributed by atoms with E-state index in [1.807, 2.05) is 30.3 Å². The molecule has 0 fully saturated rings. The lowest BCUT2D eigenvalue weighted by Gasteiger charge is -2.19. The number of fused-ring (bicyclic) bond motifs is 2. The number of ether oxygens (including phenoxy) is 2. The van der Waals surface area contributed by atoms with Gasteiger partial charge in [0.1, 0.15) is 24.7 Å². The number of rotatable bonds is 8. The zero-order chi connectivity index (χ0) is 19.4. The first-order chi connectivity index (χ1) is 13.0. The zero-order valence-electron chi connectivity index (χ0n) is 15.9. The molecule has 27 heavy (non-hydrogen) atoms. The predicted molar refractivity (Wildman–Crippen MR) is 112 cm³/mol. The molecule has 0 aromatic heterocycles. The third-order valence-electron chi connectivity index (χ3n) is 4.15. The summed E-state index contributed by atoms with van der Waals surface area (Å²) < 4.78 is 12.1. The lowest BCUT2D eigenvalue weighted by atomic mass is 10.0. The van der Waals surface area contributed by atoms with Crippen LogP contribution in [0.3, 0.4) is 0 Å². The van der Waals surface area contributed by atoms with Crippen LogP contribution in [0, 0.1) is 0 Å². The Hall–Kier alpha value is -1.95. The van der Waals surface area contributed by atoms with Crippen molar-refractivity contribution in [1.82, 2.24) is 0 Å². The Balaban J connectivity index is 2.27. The summed E-state index contributed by atoms with van der Waals surface area (Å²) in [5, 5.41) is 23.2. The minimum Gasteiger partial charge on any atom is -0.490 e. The Labute approximate surface area is 164 Å². The number of thioether (sulfide) groups is 1. The van der Waals surface area contributed by atoms with Gasteiger partial charge in [-0.2, -0.15) is 0 Å². The Morgan fingerprint density at radius 2 is 1.33 bits per heavy atom. The van der Waals surface area contributed by atoms with E-state index < -0.39 is 12.2 Å². The summed E-state index contributed by atoms with van der Waals surface area (Å²) in [4.78, 5) is 1.16. The van der Waals surface area contributed by atoms with Gasteiger partial charge in [-0.25, -0.2) is 0 Å². The SMILES string of the molecule is CCSc1ccc2c(OCC(C)O)c3ccccc3c(OCC(C)O)c2c1. The minimum absolute atomic E-state index is 0.220. The Bertz CT molecular complexity index is 921. The summed E-state index contributed by atoms with van der Waals surface area (Å²) in [5.41, 5.74) is 0. The maximum Gasteiger partial charge on any atom is 0.135 e. The molecule has 2 atom stereocenters. The van der Waals surface area contributed by atoms with Gasteiger partial charge in [-0.05, 0) is 37.8 Å². The number of benzene rings is 3. The van der Waals surface area contributed by atoms with Crippen LogP contribution in [0.5, 0.6) is 11.5 Å². The van der Waals surface area contributed by atoms with E-state index in [1.165, 1.54) is 0 Å². The van der Waals surface area contributed by atoms with Crippen molar-refractivity contribution in [3.05, 3.63) is 42.5 Å². The van der Waals surface area contributed by atoms with E-state index in [0.717, 1.165) is 43.7 Å². The van der Waals surface area contributed by atoms with Crippen LogP contribution in [0.15, 0.2) is 47.4 Å². The zero-order valence-corrected chi connectivity index (χ0v) is 16.8. The molecule has 2 N–H and O–H groups in total. The van der Waals surface area contributed by atoms with Gasteiger partial charge in [0.2, 0.25) is 0 Å². The van der Waals surface area contributed by atoms with Crippen LogP contribution in [0.25, 0.3) is 21.5 Å². The lowest BCUT2D eigenvalue weighted by molar-refractivity contribution is 0.123.